The van der Waals surface area contributed by atoms with Crippen molar-refractivity contribution >= 4 is 17.5 Å². The number of carbonyl (C=O) groups excluding carboxylic acids is 2. The normalized spacial score (nSPS) is 15.6. The van der Waals surface area contributed by atoms with E-state index in [0.717, 1.165) is 25.0 Å². The third kappa shape index (κ3) is 5.16. The molecule has 0 radical (unpaired) electrons. The number of ether oxygens (including phenoxy) is 1. The Kier molecular flexibility index (Phi) is 6.37. The number of imidazole rings is 1. The summed E-state index contributed by atoms with van der Waals surface area (Å²) in [4.78, 5) is 35.6. The summed E-state index contributed by atoms with van der Waals surface area (Å²) in [5.74, 6) is 0.206. The van der Waals surface area contributed by atoms with Crippen LogP contribution >= 0.6 is 0 Å². The van der Waals surface area contributed by atoms with Crippen LogP contribution in [0.4, 0.5) is 10.5 Å². The molecule has 0 aliphatic carbocycles. The Morgan fingerprint density at radius 1 is 1.23 bits per heavy atom. The van der Waals surface area contributed by atoms with E-state index in [0.29, 0.717) is 30.2 Å². The minimum atomic E-state index is -0.220. The number of urea groups is 1. The van der Waals surface area contributed by atoms with Gasteiger partial charge in [-0.25, -0.2) is 9.78 Å². The van der Waals surface area contributed by atoms with Gasteiger partial charge in [-0.3, -0.25) is 9.78 Å². The highest BCUT2D eigenvalue weighted by Gasteiger charge is 2.23. The molecule has 1 aliphatic heterocycles. The fraction of sp³-hybridized carbons (Fsp3) is 0.304. The van der Waals surface area contributed by atoms with Crippen molar-refractivity contribution in [3.05, 3.63) is 78.1 Å². The number of hydrogen-bond donors (Lipinski definition) is 1. The maximum Gasteiger partial charge on any atom is 0.322 e. The molecule has 0 spiro atoms. The number of aryl methyl sites for hydroxylation is 1. The Morgan fingerprint density at radius 3 is 2.71 bits per heavy atom. The van der Waals surface area contributed by atoms with E-state index >= 15 is 0 Å². The molecule has 2 aromatic heterocycles. The highest BCUT2D eigenvalue weighted by molar-refractivity contribution is 6.07. The summed E-state index contributed by atoms with van der Waals surface area (Å²) in [5.41, 5.74) is 2.08. The van der Waals surface area contributed by atoms with Crippen LogP contribution in [0.15, 0.2) is 61.2 Å². The van der Waals surface area contributed by atoms with Crippen molar-refractivity contribution in [3.8, 4) is 0 Å². The fourth-order valence-corrected chi connectivity index (χ4v) is 3.59. The quantitative estimate of drug-likeness (QED) is 0.594. The third-order valence-electron chi connectivity index (χ3n) is 5.25. The Morgan fingerprint density at radius 2 is 2.06 bits per heavy atom. The summed E-state index contributed by atoms with van der Waals surface area (Å²) >= 11 is 0. The van der Waals surface area contributed by atoms with Gasteiger partial charge in [0.2, 0.25) is 5.78 Å². The molecule has 1 N–H and O–H groups in total. The predicted molar refractivity (Wildman–Crippen MR) is 116 cm³/mol. The molecule has 0 saturated carbocycles. The lowest BCUT2D eigenvalue weighted by molar-refractivity contribution is 0.0819. The number of pyridine rings is 1. The molecule has 8 heteroatoms. The van der Waals surface area contributed by atoms with E-state index in [9.17, 15) is 9.59 Å². The van der Waals surface area contributed by atoms with Gasteiger partial charge in [0, 0.05) is 62.8 Å². The third-order valence-corrected chi connectivity index (χ3v) is 5.25. The van der Waals surface area contributed by atoms with E-state index in [-0.39, 0.29) is 17.9 Å². The first-order chi connectivity index (χ1) is 15.1. The molecule has 8 nitrogen and oxygen atoms in total. The molecule has 4 rings (SSSR count). The van der Waals surface area contributed by atoms with Crippen LogP contribution in [0.1, 0.15) is 34.6 Å². The fourth-order valence-electron chi connectivity index (χ4n) is 3.59. The van der Waals surface area contributed by atoms with Gasteiger partial charge in [0.05, 0.1) is 6.10 Å². The van der Waals surface area contributed by atoms with Crippen LogP contribution in [0.3, 0.4) is 0 Å². The first kappa shape index (κ1) is 20.7. The molecule has 1 unspecified atom stereocenters. The van der Waals surface area contributed by atoms with E-state index in [4.69, 9.17) is 4.74 Å². The number of rotatable bonds is 7. The Bertz CT molecular complexity index is 1030. The number of anilines is 1. The monoisotopic (exact) mass is 419 g/mol. The molecule has 3 aromatic rings. The van der Waals surface area contributed by atoms with Gasteiger partial charge in [0.15, 0.2) is 5.82 Å². The summed E-state index contributed by atoms with van der Waals surface area (Å²) in [6, 6.07) is 10.4. The standard InChI is InChI=1S/C23H25N5O3/c1-27-12-11-25-22(27)21(29)18-6-8-19(9-7-18)26-23(30)28(16-20-5-3-13-31-20)15-17-4-2-10-24-14-17/h2,4,6-12,14,20H,3,5,13,15-16H2,1H3,(H,26,30). The second-order valence-electron chi connectivity index (χ2n) is 7.58. The number of nitrogens with one attached hydrogen (secondary N) is 1. The molecular formula is C23H25N5O3. The molecule has 31 heavy (non-hydrogen) atoms. The maximum atomic E-state index is 13.0. The number of benzene rings is 1. The summed E-state index contributed by atoms with van der Waals surface area (Å²) in [6.45, 7) is 1.68. The van der Waals surface area contributed by atoms with E-state index in [1.54, 1.807) is 65.6 Å². The number of nitrogens with zero attached hydrogens (tertiary/aromatic N) is 4. The van der Waals surface area contributed by atoms with Gasteiger partial charge in [-0.05, 0) is 48.7 Å². The van der Waals surface area contributed by atoms with Gasteiger partial charge in [-0.1, -0.05) is 6.07 Å². The van der Waals surface area contributed by atoms with Crippen molar-refractivity contribution < 1.29 is 14.3 Å². The lowest BCUT2D eigenvalue weighted by Crippen LogP contribution is -2.39. The lowest BCUT2D eigenvalue weighted by atomic mass is 10.1. The average Bonchev–Trinajstić information content (AvgIpc) is 3.46. The molecule has 2 amide bonds. The smallest absolute Gasteiger partial charge is 0.322 e. The average molecular weight is 419 g/mol. The highest BCUT2D eigenvalue weighted by Crippen LogP contribution is 2.17. The van der Waals surface area contributed by atoms with E-state index < -0.39 is 0 Å². The number of aromatic nitrogens is 3. The summed E-state index contributed by atoms with van der Waals surface area (Å²) < 4.78 is 7.41. The molecule has 160 valence electrons. The van der Waals surface area contributed by atoms with Crippen LogP contribution in [-0.4, -0.2) is 50.5 Å². The van der Waals surface area contributed by atoms with Gasteiger partial charge < -0.3 is 19.5 Å². The van der Waals surface area contributed by atoms with Crippen LogP contribution < -0.4 is 5.32 Å². The van der Waals surface area contributed by atoms with E-state index in [2.05, 4.69) is 15.3 Å². The van der Waals surface area contributed by atoms with Gasteiger partial charge in [0.25, 0.3) is 0 Å². The molecule has 1 atom stereocenters. The minimum Gasteiger partial charge on any atom is -0.376 e. The molecule has 1 aliphatic rings. The zero-order valence-electron chi connectivity index (χ0n) is 17.4. The van der Waals surface area contributed by atoms with E-state index in [1.165, 1.54) is 0 Å². The Hall–Kier alpha value is -3.52. The molecular weight excluding hydrogens is 394 g/mol. The van der Waals surface area contributed by atoms with Crippen molar-refractivity contribution in [2.45, 2.75) is 25.5 Å². The molecule has 0 bridgehead atoms. The van der Waals surface area contributed by atoms with Gasteiger partial charge in [-0.15, -0.1) is 0 Å². The summed E-state index contributed by atoms with van der Waals surface area (Å²) in [7, 11) is 1.78. The Labute approximate surface area is 180 Å². The largest absolute Gasteiger partial charge is 0.376 e. The Balaban J connectivity index is 1.44. The van der Waals surface area contributed by atoms with Gasteiger partial charge in [-0.2, -0.15) is 0 Å². The van der Waals surface area contributed by atoms with Crippen LogP contribution in [0.25, 0.3) is 0 Å². The van der Waals surface area contributed by atoms with Crippen LogP contribution in [-0.2, 0) is 18.3 Å². The van der Waals surface area contributed by atoms with Crippen molar-refractivity contribution in [3.63, 3.8) is 0 Å². The van der Waals surface area contributed by atoms with Crippen molar-refractivity contribution in [1.29, 1.82) is 0 Å². The number of ketones is 1. The SMILES string of the molecule is Cn1ccnc1C(=O)c1ccc(NC(=O)N(Cc2cccnc2)CC2CCCO2)cc1. The second kappa shape index (κ2) is 9.53. The maximum absolute atomic E-state index is 13.0. The zero-order valence-corrected chi connectivity index (χ0v) is 17.4. The van der Waals surface area contributed by atoms with Crippen LogP contribution in [0.2, 0.25) is 0 Å². The van der Waals surface area contributed by atoms with Crippen molar-refractivity contribution in [1.82, 2.24) is 19.4 Å². The number of carbonyl (C=O) groups is 2. The van der Waals surface area contributed by atoms with E-state index in [1.807, 2.05) is 12.1 Å². The number of hydrogen-bond acceptors (Lipinski definition) is 5. The summed E-state index contributed by atoms with van der Waals surface area (Å²) in [5, 5.41) is 2.93. The van der Waals surface area contributed by atoms with Gasteiger partial charge >= 0.3 is 6.03 Å². The highest BCUT2D eigenvalue weighted by atomic mass is 16.5. The minimum absolute atomic E-state index is 0.0419. The number of amides is 2. The summed E-state index contributed by atoms with van der Waals surface area (Å²) in [6.07, 6.45) is 8.79. The predicted octanol–water partition coefficient (Wildman–Crippen LogP) is 3.26. The molecule has 1 saturated heterocycles. The van der Waals surface area contributed by atoms with Crippen molar-refractivity contribution in [2.75, 3.05) is 18.5 Å². The topological polar surface area (TPSA) is 89.4 Å². The molecule has 3 heterocycles. The molecule has 1 aromatic carbocycles. The second-order valence-corrected chi connectivity index (χ2v) is 7.58. The first-order valence-corrected chi connectivity index (χ1v) is 10.3. The lowest BCUT2D eigenvalue weighted by Gasteiger charge is -2.26. The first-order valence-electron chi connectivity index (χ1n) is 10.3. The van der Waals surface area contributed by atoms with Gasteiger partial charge in [0.1, 0.15) is 0 Å². The van der Waals surface area contributed by atoms with Crippen LogP contribution in [0, 0.1) is 0 Å². The van der Waals surface area contributed by atoms with Crippen LogP contribution in [0.5, 0.6) is 0 Å². The van der Waals surface area contributed by atoms with Crippen molar-refractivity contribution in [2.24, 2.45) is 7.05 Å². The molecule has 1 fully saturated rings. The zero-order chi connectivity index (χ0) is 21.6.